The Kier molecular flexibility index (Phi) is 41.4. The van der Waals surface area contributed by atoms with Crippen molar-refractivity contribution in [2.75, 3.05) is 150 Å². The van der Waals surface area contributed by atoms with Gasteiger partial charge in [-0.05, 0) is 155 Å². The van der Waals surface area contributed by atoms with Crippen LogP contribution in [0.5, 0.6) is 0 Å². The average Bonchev–Trinajstić information content (AvgIpc) is 0.848. The van der Waals surface area contributed by atoms with Gasteiger partial charge in [-0.25, -0.2) is 31.9 Å². The summed E-state index contributed by atoms with van der Waals surface area (Å²) in [5.74, 6) is -7.35. The molecular weight excluding hydrogens is 1440 g/mol. The van der Waals surface area contributed by atoms with Crippen molar-refractivity contribution in [3.8, 4) is 0 Å². The van der Waals surface area contributed by atoms with Gasteiger partial charge in [0.1, 0.15) is 6.04 Å². The molecule has 31 nitrogen and oxygen atoms in total. The maximum absolute atomic E-state index is 15.3. The number of carboxylic acid groups (broad SMARTS) is 1. The van der Waals surface area contributed by atoms with Crippen LogP contribution in [-0.2, 0) is 98.4 Å². The average molecular weight is 1550 g/mol. The first-order valence-electron chi connectivity index (χ1n) is 36.1. The second-order valence-electron chi connectivity index (χ2n) is 26.2. The minimum atomic E-state index is -4.11. The molecule has 107 heavy (non-hydrogen) atoms. The van der Waals surface area contributed by atoms with Gasteiger partial charge in [-0.15, -0.1) is 0 Å². The van der Waals surface area contributed by atoms with Crippen LogP contribution in [0, 0.1) is 5.92 Å². The number of carbonyl (C=O) groups excluding carboxylic acids is 9. The highest BCUT2D eigenvalue weighted by Gasteiger charge is 2.33. The molecule has 34 heteroatoms. The lowest BCUT2D eigenvalue weighted by Crippen LogP contribution is -2.53. The third-order valence-corrected chi connectivity index (χ3v) is 19.4. The number of aliphatic carboxylic acids is 1. The Bertz CT molecular complexity index is 3680. The number of carboxylic acids is 1. The van der Waals surface area contributed by atoms with Gasteiger partial charge >= 0.3 is 5.97 Å². The fourth-order valence-corrected chi connectivity index (χ4v) is 12.5. The summed E-state index contributed by atoms with van der Waals surface area (Å²) in [5, 5.41) is 26.0. The van der Waals surface area contributed by atoms with E-state index in [1.807, 2.05) is 63.2 Å². The van der Waals surface area contributed by atoms with Gasteiger partial charge in [0.25, 0.3) is 0 Å². The van der Waals surface area contributed by atoms with Crippen LogP contribution in [0.1, 0.15) is 88.0 Å². The summed E-state index contributed by atoms with van der Waals surface area (Å²) in [7, 11) is -8.22. The number of hydrogen-bond donors (Lipinski definition) is 9. The van der Waals surface area contributed by atoms with E-state index in [1.165, 1.54) is 87.7 Å². The lowest BCUT2D eigenvalue weighted by atomic mass is 10.1. The van der Waals surface area contributed by atoms with Crippen molar-refractivity contribution in [3.05, 3.63) is 131 Å². The molecule has 0 radical (unpaired) electrons. The summed E-state index contributed by atoms with van der Waals surface area (Å²) < 4.78 is 54.4. The minimum Gasteiger partial charge on any atom is -0.480 e. The zero-order chi connectivity index (χ0) is 78.9. The zero-order valence-corrected chi connectivity index (χ0v) is 64.4. The number of carbonyl (C=O) groups is 10. The number of amides is 9. The van der Waals surface area contributed by atoms with Gasteiger partial charge in [0.05, 0.1) is 75.4 Å². The number of primary sulfonamides is 2. The first-order valence-corrected chi connectivity index (χ1v) is 39.8. The van der Waals surface area contributed by atoms with Crippen LogP contribution in [0.3, 0.4) is 0 Å². The smallest absolute Gasteiger partial charge is 0.326 e. The molecule has 0 aliphatic carbocycles. The molecule has 0 bridgehead atoms. The van der Waals surface area contributed by atoms with Crippen molar-refractivity contribution in [2.24, 2.45) is 33.4 Å². The van der Waals surface area contributed by atoms with Gasteiger partial charge in [0, 0.05) is 59.0 Å². The van der Waals surface area contributed by atoms with E-state index >= 15 is 19.2 Å². The number of nitrogens with one attached hydrogen (secondary N) is 2. The summed E-state index contributed by atoms with van der Waals surface area (Å²) in [5.41, 5.74) is 20.4. The van der Waals surface area contributed by atoms with E-state index in [0.29, 0.717) is 56.3 Å². The minimum absolute atomic E-state index is 0.00630. The van der Waals surface area contributed by atoms with Crippen molar-refractivity contribution in [2.45, 2.75) is 107 Å². The summed E-state index contributed by atoms with van der Waals surface area (Å²) in [6, 6.07) is 28.2. The van der Waals surface area contributed by atoms with E-state index in [2.05, 4.69) is 23.3 Å². The number of hydrogen-bond acceptors (Lipinski definition) is 20. The SMILES string of the molecule is CCOCNCC(=O)N(CCc1ccccc1)CC(=O)N(CCCCN)CC(=O)N(CC(=O)N(CCc1ccc(S(N)(=O)=O)cc1)CC(=O)N(CCCCN)CC(=O)N(CCc1ccc(S(N)(=O)=O)cc1)CC(=O)N(CCc1ccccc1)CC(=O)N(CCCCN)CC(=O)NC(CCS)C(=O)O)CC(C)C. The lowest BCUT2D eigenvalue weighted by Gasteiger charge is -2.33. The maximum Gasteiger partial charge on any atom is 0.326 e. The third-order valence-electron chi connectivity index (χ3n) is 17.3. The molecule has 0 saturated heterocycles. The molecule has 0 aromatic heterocycles. The van der Waals surface area contributed by atoms with Gasteiger partial charge in [0.2, 0.25) is 73.2 Å². The molecule has 0 aliphatic heterocycles. The Hall–Kier alpha value is -8.45. The highest BCUT2D eigenvalue weighted by Crippen LogP contribution is 2.16. The van der Waals surface area contributed by atoms with Gasteiger partial charge in [-0.3, -0.25) is 48.5 Å². The van der Waals surface area contributed by atoms with E-state index < -0.39 is 125 Å². The van der Waals surface area contributed by atoms with Crippen molar-refractivity contribution >= 4 is 91.8 Å². The predicted octanol–water partition coefficient (Wildman–Crippen LogP) is 0.226. The number of nitrogens with two attached hydrogens (primary N) is 5. The second-order valence-corrected chi connectivity index (χ2v) is 29.8. The molecule has 9 amide bonds. The molecule has 4 aromatic carbocycles. The highest BCUT2D eigenvalue weighted by atomic mass is 32.2. The van der Waals surface area contributed by atoms with E-state index in [4.69, 9.17) is 32.2 Å². The van der Waals surface area contributed by atoms with E-state index in [1.54, 1.807) is 18.2 Å². The van der Waals surface area contributed by atoms with Gasteiger partial charge < -0.3 is 71.6 Å². The largest absolute Gasteiger partial charge is 0.480 e. The fraction of sp³-hybridized carbons (Fsp3) is 0.534. The quantitative estimate of drug-likeness (QED) is 0.0162. The van der Waals surface area contributed by atoms with Crippen LogP contribution in [0.4, 0.5) is 0 Å². The molecule has 0 aliphatic rings. The van der Waals surface area contributed by atoms with Gasteiger partial charge in [-0.2, -0.15) is 12.6 Å². The standard InChI is InChI=1S/C73H111N15O16S3/c1-4-104-55-79-45-65(90)84(40-29-57-17-7-5-8-18-57)49-67(92)83(39-16-13-36-76)53-72(97)88(46-56(2)3)54-71(96)87(43-32-60-23-27-62(28-24-60)107(78,102)103)51-68(93)82(38-15-12-35-75)48-69(94)86(42-31-59-21-25-61(26-22-59)106(77,100)101)52-70(95)85(41-30-58-19-9-6-10-20-58)50-66(91)81(37-14-11-34-74)47-64(89)80-63(33-44-105)73(98)99/h5-10,17-28,56,63,79,105H,4,11-16,29-55,74-76H2,1-3H3,(H,80,89)(H,98,99)(H2,77,100,101)(H2,78,102,103). The normalized spacial score (nSPS) is 11.7. The molecule has 0 heterocycles. The van der Waals surface area contributed by atoms with Crippen molar-refractivity contribution < 1.29 is 74.6 Å². The number of ether oxygens (including phenoxy) is 1. The first kappa shape index (κ1) is 90.9. The molecule has 0 saturated carbocycles. The molecule has 4 rings (SSSR count). The molecule has 4 aromatic rings. The lowest BCUT2D eigenvalue weighted by molar-refractivity contribution is -0.149. The Morgan fingerprint density at radius 2 is 0.748 bits per heavy atom. The fourth-order valence-electron chi connectivity index (χ4n) is 11.2. The predicted molar refractivity (Wildman–Crippen MR) is 408 cm³/mol. The molecule has 1 atom stereocenters. The number of unbranched alkanes of at least 4 members (excludes halogenated alkanes) is 3. The molecule has 13 N–H and O–H groups in total. The third kappa shape index (κ3) is 35.0. The molecule has 0 fully saturated rings. The Balaban J connectivity index is 1.77. The number of benzene rings is 4. The topological polar surface area (TPSA) is 449 Å². The second kappa shape index (κ2) is 48.8. The summed E-state index contributed by atoms with van der Waals surface area (Å²) in [4.78, 5) is 154. The summed E-state index contributed by atoms with van der Waals surface area (Å²) >= 11 is 4.12. The Labute approximate surface area is 635 Å². The number of rotatable bonds is 53. The van der Waals surface area contributed by atoms with Crippen LogP contribution in [0.15, 0.2) is 119 Å². The number of sulfonamides is 2. The van der Waals surface area contributed by atoms with Crippen molar-refractivity contribution in [1.29, 1.82) is 0 Å². The van der Waals surface area contributed by atoms with Gasteiger partial charge in [-0.1, -0.05) is 98.8 Å². The monoisotopic (exact) mass is 1550 g/mol. The highest BCUT2D eigenvalue weighted by molar-refractivity contribution is 7.89. The Morgan fingerprint density at radius 1 is 0.439 bits per heavy atom. The summed E-state index contributed by atoms with van der Waals surface area (Å²) in [6.45, 7) is 1.58. The van der Waals surface area contributed by atoms with Crippen LogP contribution < -0.4 is 38.1 Å². The van der Waals surface area contributed by atoms with E-state index in [9.17, 15) is 50.7 Å². The maximum atomic E-state index is 15.3. The molecule has 1 unspecified atom stereocenters. The van der Waals surface area contributed by atoms with Crippen LogP contribution >= 0.6 is 12.6 Å². The Morgan fingerprint density at radius 3 is 1.06 bits per heavy atom. The first-order chi connectivity index (χ1) is 51.0. The van der Waals surface area contributed by atoms with Crippen molar-refractivity contribution in [3.63, 3.8) is 0 Å². The number of nitrogens with zero attached hydrogens (tertiary/aromatic N) is 8. The summed E-state index contributed by atoms with van der Waals surface area (Å²) in [6.07, 6.45) is 3.05. The molecule has 0 spiro atoms. The van der Waals surface area contributed by atoms with Crippen LogP contribution in [0.25, 0.3) is 0 Å². The van der Waals surface area contributed by atoms with E-state index in [0.717, 1.165) is 11.1 Å². The van der Waals surface area contributed by atoms with Gasteiger partial charge in [0.15, 0.2) is 0 Å². The zero-order valence-electron chi connectivity index (χ0n) is 61.9. The van der Waals surface area contributed by atoms with Crippen LogP contribution in [-0.4, -0.2) is 276 Å². The molecular formula is C73H111N15O16S3. The number of thiol groups is 1. The van der Waals surface area contributed by atoms with Crippen molar-refractivity contribution in [1.82, 2.24) is 49.8 Å². The molecule has 592 valence electrons. The van der Waals surface area contributed by atoms with Crippen LogP contribution in [0.2, 0.25) is 0 Å². The van der Waals surface area contributed by atoms with E-state index in [-0.39, 0.29) is 151 Å².